The predicted octanol–water partition coefficient (Wildman–Crippen LogP) is 2.54. The molecule has 1 heterocycles. The van der Waals surface area contributed by atoms with E-state index >= 15 is 0 Å². The van der Waals surface area contributed by atoms with Crippen LogP contribution in [0.1, 0.15) is 30.3 Å². The summed E-state index contributed by atoms with van der Waals surface area (Å²) in [5.74, 6) is -0.138. The molecule has 0 spiro atoms. The van der Waals surface area contributed by atoms with E-state index in [1.54, 1.807) is 18.3 Å². The van der Waals surface area contributed by atoms with Gasteiger partial charge in [0.05, 0.1) is 5.69 Å². The minimum atomic E-state index is -0.138. The van der Waals surface area contributed by atoms with Crippen molar-refractivity contribution in [1.82, 2.24) is 4.98 Å². The van der Waals surface area contributed by atoms with Crippen molar-refractivity contribution in [1.29, 1.82) is 0 Å². The van der Waals surface area contributed by atoms with Gasteiger partial charge in [-0.05, 0) is 32.6 Å². The largest absolute Gasteiger partial charge is 0.298 e. The van der Waals surface area contributed by atoms with E-state index in [4.69, 9.17) is 0 Å². The average Bonchev–Trinajstić information content (AvgIpc) is 2.59. The molecule has 15 heavy (non-hydrogen) atoms. The number of hydrogen-bond acceptors (Lipinski definition) is 3. The molecule has 1 N–H and O–H groups in total. The molecule has 0 radical (unpaired) electrons. The van der Waals surface area contributed by atoms with E-state index in [2.05, 4.69) is 16.9 Å². The van der Waals surface area contributed by atoms with Gasteiger partial charge >= 0.3 is 0 Å². The van der Waals surface area contributed by atoms with Crippen LogP contribution >= 0.6 is 11.3 Å². The van der Waals surface area contributed by atoms with Crippen molar-refractivity contribution < 1.29 is 4.79 Å². The Kier molecular flexibility index (Phi) is 2.86. The van der Waals surface area contributed by atoms with Crippen molar-refractivity contribution >= 4 is 22.4 Å². The van der Waals surface area contributed by atoms with Gasteiger partial charge in [-0.25, -0.2) is 4.98 Å². The quantitative estimate of drug-likeness (QED) is 0.781. The zero-order valence-corrected chi connectivity index (χ0v) is 9.62. The van der Waals surface area contributed by atoms with Crippen LogP contribution in [0.5, 0.6) is 0 Å². The lowest BCUT2D eigenvalue weighted by molar-refractivity contribution is -0.112. The van der Waals surface area contributed by atoms with E-state index in [9.17, 15) is 4.79 Å². The molecule has 0 saturated heterocycles. The smallest absolute Gasteiger partial charge is 0.252 e. The van der Waals surface area contributed by atoms with Gasteiger partial charge in [0.2, 0.25) is 0 Å². The monoisotopic (exact) mass is 222 g/mol. The summed E-state index contributed by atoms with van der Waals surface area (Å²) >= 11 is 1.60. The highest BCUT2D eigenvalue weighted by atomic mass is 32.1. The van der Waals surface area contributed by atoms with Crippen molar-refractivity contribution in [3.05, 3.63) is 22.7 Å². The molecule has 3 nitrogen and oxygen atoms in total. The lowest BCUT2D eigenvalue weighted by Crippen LogP contribution is -2.11. The number of rotatable bonds is 2. The molecule has 0 bridgehead atoms. The molecule has 0 unspecified atom stereocenters. The van der Waals surface area contributed by atoms with E-state index in [1.807, 2.05) is 0 Å². The first-order chi connectivity index (χ1) is 7.16. The fourth-order valence-corrected chi connectivity index (χ4v) is 2.65. The Morgan fingerprint density at radius 3 is 2.87 bits per heavy atom. The average molecular weight is 222 g/mol. The molecule has 80 valence electrons. The zero-order chi connectivity index (χ0) is 10.8. The van der Waals surface area contributed by atoms with E-state index < -0.39 is 0 Å². The van der Waals surface area contributed by atoms with Gasteiger partial charge in [0.15, 0.2) is 5.13 Å². The number of nitrogens with one attached hydrogen (secondary N) is 1. The maximum Gasteiger partial charge on any atom is 0.252 e. The Morgan fingerprint density at radius 2 is 2.20 bits per heavy atom. The zero-order valence-electron chi connectivity index (χ0n) is 8.80. The normalized spacial score (nSPS) is 14.5. The van der Waals surface area contributed by atoms with Crippen LogP contribution in [0.15, 0.2) is 12.2 Å². The molecule has 0 aromatic carbocycles. The number of hydrogen-bond donors (Lipinski definition) is 1. The van der Waals surface area contributed by atoms with Crippen molar-refractivity contribution in [2.24, 2.45) is 0 Å². The Hall–Kier alpha value is -1.16. The Bertz CT molecular complexity index is 385. The van der Waals surface area contributed by atoms with Crippen LogP contribution in [-0.4, -0.2) is 10.9 Å². The molecule has 0 aliphatic heterocycles. The lowest BCUT2D eigenvalue weighted by atomic mass is 10.0. The number of nitrogens with zero attached hydrogens (tertiary/aromatic N) is 1. The van der Waals surface area contributed by atoms with Crippen molar-refractivity contribution in [3.63, 3.8) is 0 Å². The van der Waals surface area contributed by atoms with Crippen molar-refractivity contribution in [2.75, 3.05) is 5.32 Å². The van der Waals surface area contributed by atoms with E-state index in [1.165, 1.54) is 23.4 Å². The van der Waals surface area contributed by atoms with Gasteiger partial charge in [-0.1, -0.05) is 6.58 Å². The van der Waals surface area contributed by atoms with Crippen LogP contribution in [-0.2, 0) is 17.6 Å². The number of aromatic nitrogens is 1. The van der Waals surface area contributed by atoms with Crippen LogP contribution in [0, 0.1) is 0 Å². The third-order valence-corrected chi connectivity index (χ3v) is 3.53. The first-order valence-corrected chi connectivity index (χ1v) is 5.94. The van der Waals surface area contributed by atoms with Crippen molar-refractivity contribution in [2.45, 2.75) is 32.6 Å². The first kappa shape index (κ1) is 10.4. The molecule has 4 heteroatoms. The standard InChI is InChI=1S/C11H14N2OS/c1-7(2)10(14)13-11-12-8-5-3-4-6-9(8)15-11/h1,3-6H2,2H3,(H,12,13,14). The second kappa shape index (κ2) is 4.14. The molecule has 1 amide bonds. The summed E-state index contributed by atoms with van der Waals surface area (Å²) in [5.41, 5.74) is 1.69. The van der Waals surface area contributed by atoms with Crippen LogP contribution in [0.3, 0.4) is 0 Å². The summed E-state index contributed by atoms with van der Waals surface area (Å²) < 4.78 is 0. The van der Waals surface area contributed by atoms with Gasteiger partial charge in [-0.3, -0.25) is 10.1 Å². The molecule has 1 aliphatic carbocycles. The number of thiazole rings is 1. The number of fused-ring (bicyclic) bond motifs is 1. The SMILES string of the molecule is C=C(C)C(=O)Nc1nc2c(s1)CCCC2. The van der Waals surface area contributed by atoms with E-state index in [0.717, 1.165) is 18.0 Å². The highest BCUT2D eigenvalue weighted by Crippen LogP contribution is 2.29. The molecule has 1 aliphatic rings. The summed E-state index contributed by atoms with van der Waals surface area (Å²) in [7, 11) is 0. The fourth-order valence-electron chi connectivity index (χ4n) is 1.61. The van der Waals surface area contributed by atoms with Crippen LogP contribution in [0.4, 0.5) is 5.13 Å². The maximum absolute atomic E-state index is 11.4. The minimum absolute atomic E-state index is 0.138. The number of carbonyl (C=O) groups is 1. The van der Waals surface area contributed by atoms with Crippen molar-refractivity contribution in [3.8, 4) is 0 Å². The van der Waals surface area contributed by atoms with Gasteiger partial charge in [-0.2, -0.15) is 0 Å². The van der Waals surface area contributed by atoms with Gasteiger partial charge < -0.3 is 0 Å². The molecule has 1 aromatic heterocycles. The second-order valence-corrected chi connectivity index (χ2v) is 4.91. The summed E-state index contributed by atoms with van der Waals surface area (Å²) in [5, 5.41) is 3.49. The molecule has 2 rings (SSSR count). The predicted molar refractivity (Wildman–Crippen MR) is 62.2 cm³/mol. The maximum atomic E-state index is 11.4. The summed E-state index contributed by atoms with van der Waals surface area (Å²) in [6.07, 6.45) is 4.61. The molecule has 0 fully saturated rings. The van der Waals surface area contributed by atoms with Gasteiger partial charge in [0.25, 0.3) is 5.91 Å². The van der Waals surface area contributed by atoms with Crippen LogP contribution < -0.4 is 5.32 Å². The summed E-state index contributed by atoms with van der Waals surface area (Å²) in [6.45, 7) is 5.30. The van der Waals surface area contributed by atoms with Crippen LogP contribution in [0.25, 0.3) is 0 Å². The van der Waals surface area contributed by atoms with Crippen LogP contribution in [0.2, 0.25) is 0 Å². The highest BCUT2D eigenvalue weighted by molar-refractivity contribution is 7.15. The minimum Gasteiger partial charge on any atom is -0.298 e. The molecular weight excluding hydrogens is 208 g/mol. The summed E-state index contributed by atoms with van der Waals surface area (Å²) in [6, 6.07) is 0. The van der Waals surface area contributed by atoms with E-state index in [0.29, 0.717) is 5.57 Å². The second-order valence-electron chi connectivity index (χ2n) is 3.83. The molecule has 0 saturated carbocycles. The number of aryl methyl sites for hydroxylation is 2. The third kappa shape index (κ3) is 2.26. The van der Waals surface area contributed by atoms with Gasteiger partial charge in [-0.15, -0.1) is 11.3 Å². The number of anilines is 1. The van der Waals surface area contributed by atoms with Gasteiger partial charge in [0, 0.05) is 10.5 Å². The topological polar surface area (TPSA) is 42.0 Å². The summed E-state index contributed by atoms with van der Waals surface area (Å²) in [4.78, 5) is 17.1. The fraction of sp³-hybridized carbons (Fsp3) is 0.455. The number of amides is 1. The lowest BCUT2D eigenvalue weighted by Gasteiger charge is -2.06. The molecule has 1 aromatic rings. The first-order valence-electron chi connectivity index (χ1n) is 5.12. The number of carbonyl (C=O) groups excluding carboxylic acids is 1. The van der Waals surface area contributed by atoms with Gasteiger partial charge in [0.1, 0.15) is 0 Å². The Morgan fingerprint density at radius 1 is 1.47 bits per heavy atom. The molecular formula is C11H14N2OS. The third-order valence-electron chi connectivity index (χ3n) is 2.45. The van der Waals surface area contributed by atoms with E-state index in [-0.39, 0.29) is 5.91 Å². The Balaban J connectivity index is 2.13. The molecule has 0 atom stereocenters. The highest BCUT2D eigenvalue weighted by Gasteiger charge is 2.16. The Labute approximate surface area is 93.2 Å².